The number of nitrogens with zero attached hydrogens (tertiary/aromatic N) is 3. The predicted molar refractivity (Wildman–Crippen MR) is 128 cm³/mol. The molecule has 9 nitrogen and oxygen atoms in total. The van der Waals surface area contributed by atoms with Crippen molar-refractivity contribution in [2.45, 2.75) is 11.8 Å². The van der Waals surface area contributed by atoms with Gasteiger partial charge in [0.15, 0.2) is 11.5 Å². The molecule has 1 fully saturated rings. The van der Waals surface area contributed by atoms with Gasteiger partial charge in [-0.05, 0) is 42.8 Å². The lowest BCUT2D eigenvalue weighted by molar-refractivity contribution is 0.0730. The molecule has 174 valence electrons. The third-order valence-electron chi connectivity index (χ3n) is 4.92. The third kappa shape index (κ3) is 5.50. The molecular weight excluding hydrogens is 464 g/mol. The van der Waals surface area contributed by atoms with Crippen LogP contribution in [-0.4, -0.2) is 61.9 Å². The Balaban J connectivity index is 1.41. The van der Waals surface area contributed by atoms with Gasteiger partial charge in [0.2, 0.25) is 15.2 Å². The Kier molecular flexibility index (Phi) is 7.23. The van der Waals surface area contributed by atoms with Crippen molar-refractivity contribution in [2.24, 2.45) is 5.10 Å². The van der Waals surface area contributed by atoms with E-state index in [-0.39, 0.29) is 10.6 Å². The number of phenols is 1. The highest BCUT2D eigenvalue weighted by molar-refractivity contribution is 7.89. The summed E-state index contributed by atoms with van der Waals surface area (Å²) in [6.07, 6.45) is 1.61. The van der Waals surface area contributed by atoms with Crippen molar-refractivity contribution in [3.63, 3.8) is 0 Å². The molecule has 2 aromatic carbocycles. The Bertz CT molecular complexity index is 1220. The van der Waals surface area contributed by atoms with Crippen LogP contribution in [0.5, 0.6) is 11.5 Å². The maximum atomic E-state index is 12.8. The number of thiazole rings is 1. The Labute approximate surface area is 196 Å². The number of rotatable bonds is 8. The molecule has 4 rings (SSSR count). The number of anilines is 1. The minimum Gasteiger partial charge on any atom is -0.504 e. The molecular formula is C22H24N4O5S2. The number of phenolic OH excluding ortho intramolecular Hbond substituents is 1. The van der Waals surface area contributed by atoms with E-state index in [0.29, 0.717) is 43.8 Å². The molecule has 1 aliphatic rings. The van der Waals surface area contributed by atoms with Crippen LogP contribution in [0.3, 0.4) is 0 Å². The van der Waals surface area contributed by atoms with E-state index in [1.165, 1.54) is 15.6 Å². The van der Waals surface area contributed by atoms with Crippen molar-refractivity contribution in [1.29, 1.82) is 0 Å². The molecule has 2 N–H and O–H groups in total. The van der Waals surface area contributed by atoms with E-state index in [0.717, 1.165) is 16.8 Å². The molecule has 2 heterocycles. The highest BCUT2D eigenvalue weighted by atomic mass is 32.2. The zero-order valence-corrected chi connectivity index (χ0v) is 19.6. The van der Waals surface area contributed by atoms with Gasteiger partial charge in [0, 0.05) is 24.0 Å². The lowest BCUT2D eigenvalue weighted by Gasteiger charge is -2.26. The SMILES string of the molecule is CCOc1cc(C=NNc2nc(-c3ccc(S(=O)(=O)N4CCOCC4)cc3)cs2)ccc1O. The maximum absolute atomic E-state index is 12.8. The summed E-state index contributed by atoms with van der Waals surface area (Å²) in [5, 5.41) is 16.4. The number of nitrogens with one attached hydrogen (secondary N) is 1. The summed E-state index contributed by atoms with van der Waals surface area (Å²) in [6, 6.07) is 11.7. The minimum atomic E-state index is -3.52. The number of aromatic hydroxyl groups is 1. The number of aromatic nitrogens is 1. The summed E-state index contributed by atoms with van der Waals surface area (Å²) in [6.45, 7) is 3.85. The summed E-state index contributed by atoms with van der Waals surface area (Å²) in [7, 11) is -3.52. The Morgan fingerprint density at radius 3 is 2.73 bits per heavy atom. The summed E-state index contributed by atoms with van der Waals surface area (Å²) >= 11 is 1.38. The van der Waals surface area contributed by atoms with Crippen molar-refractivity contribution in [2.75, 3.05) is 38.3 Å². The molecule has 0 atom stereocenters. The fourth-order valence-corrected chi connectivity index (χ4v) is 5.31. The second-order valence-corrected chi connectivity index (χ2v) is 9.90. The Morgan fingerprint density at radius 2 is 2.00 bits per heavy atom. The van der Waals surface area contributed by atoms with Gasteiger partial charge in [-0.25, -0.2) is 13.4 Å². The lowest BCUT2D eigenvalue weighted by Crippen LogP contribution is -2.40. The number of morpholine rings is 1. The molecule has 33 heavy (non-hydrogen) atoms. The largest absolute Gasteiger partial charge is 0.504 e. The molecule has 0 radical (unpaired) electrons. The van der Waals surface area contributed by atoms with Crippen molar-refractivity contribution in [3.05, 3.63) is 53.4 Å². The summed E-state index contributed by atoms with van der Waals surface area (Å²) in [5.41, 5.74) is 5.18. The number of ether oxygens (including phenoxy) is 2. The second kappa shape index (κ2) is 10.3. The van der Waals surface area contributed by atoms with Crippen molar-refractivity contribution in [1.82, 2.24) is 9.29 Å². The molecule has 1 saturated heterocycles. The van der Waals surface area contributed by atoms with Crippen LogP contribution in [0.25, 0.3) is 11.3 Å². The topological polar surface area (TPSA) is 113 Å². The first-order chi connectivity index (χ1) is 16.0. The fraction of sp³-hybridized carbons (Fsp3) is 0.273. The van der Waals surface area contributed by atoms with Crippen LogP contribution in [0, 0.1) is 0 Å². The molecule has 0 aliphatic carbocycles. The van der Waals surface area contributed by atoms with E-state index in [4.69, 9.17) is 9.47 Å². The zero-order chi connectivity index (χ0) is 23.3. The van der Waals surface area contributed by atoms with Gasteiger partial charge < -0.3 is 14.6 Å². The summed E-state index contributed by atoms with van der Waals surface area (Å²) in [4.78, 5) is 4.76. The van der Waals surface area contributed by atoms with Crippen LogP contribution in [0.2, 0.25) is 0 Å². The van der Waals surface area contributed by atoms with Gasteiger partial charge in [0.1, 0.15) is 0 Å². The molecule has 0 unspecified atom stereocenters. The predicted octanol–water partition coefficient (Wildman–Crippen LogP) is 3.38. The molecule has 0 saturated carbocycles. The number of benzene rings is 2. The van der Waals surface area contributed by atoms with Gasteiger partial charge >= 0.3 is 0 Å². The number of hydrogen-bond donors (Lipinski definition) is 2. The van der Waals surface area contributed by atoms with E-state index in [1.807, 2.05) is 12.3 Å². The molecule has 3 aromatic rings. The molecule has 1 aliphatic heterocycles. The van der Waals surface area contributed by atoms with E-state index < -0.39 is 10.0 Å². The number of sulfonamides is 1. The van der Waals surface area contributed by atoms with E-state index in [2.05, 4.69) is 15.5 Å². The van der Waals surface area contributed by atoms with Crippen molar-refractivity contribution >= 4 is 32.7 Å². The quantitative estimate of drug-likeness (QED) is 0.369. The minimum absolute atomic E-state index is 0.0790. The average Bonchev–Trinajstić information content (AvgIpc) is 3.31. The van der Waals surface area contributed by atoms with E-state index in [1.54, 1.807) is 48.7 Å². The van der Waals surface area contributed by atoms with Crippen LogP contribution in [0.4, 0.5) is 5.13 Å². The first-order valence-electron chi connectivity index (χ1n) is 10.4. The van der Waals surface area contributed by atoms with Crippen LogP contribution < -0.4 is 10.2 Å². The van der Waals surface area contributed by atoms with Gasteiger partial charge in [0.05, 0.1) is 36.6 Å². The average molecular weight is 489 g/mol. The van der Waals surface area contributed by atoms with Gasteiger partial charge in [-0.3, -0.25) is 5.43 Å². The first kappa shape index (κ1) is 23.2. The van der Waals surface area contributed by atoms with Gasteiger partial charge in [-0.2, -0.15) is 9.41 Å². The number of hydrazone groups is 1. The summed E-state index contributed by atoms with van der Waals surface area (Å²) in [5.74, 6) is 0.479. The lowest BCUT2D eigenvalue weighted by atomic mass is 10.2. The number of hydrogen-bond acceptors (Lipinski definition) is 9. The molecule has 11 heteroatoms. The summed E-state index contributed by atoms with van der Waals surface area (Å²) < 4.78 is 37.6. The molecule has 1 aromatic heterocycles. The van der Waals surface area contributed by atoms with Crippen LogP contribution in [-0.2, 0) is 14.8 Å². The normalized spacial score (nSPS) is 15.1. The van der Waals surface area contributed by atoms with Crippen LogP contribution in [0.1, 0.15) is 12.5 Å². The Morgan fingerprint density at radius 1 is 1.24 bits per heavy atom. The maximum Gasteiger partial charge on any atom is 0.243 e. The van der Waals surface area contributed by atoms with Gasteiger partial charge in [-0.1, -0.05) is 12.1 Å². The molecule has 0 amide bonds. The monoisotopic (exact) mass is 488 g/mol. The van der Waals surface area contributed by atoms with Crippen LogP contribution >= 0.6 is 11.3 Å². The molecule has 0 spiro atoms. The smallest absolute Gasteiger partial charge is 0.243 e. The standard InChI is InChI=1S/C22H24N4O5S2/c1-2-31-21-13-16(3-8-20(21)27)14-23-25-22-24-19(15-32-22)17-4-6-18(7-5-17)33(28,29)26-9-11-30-12-10-26/h3-8,13-15,27H,2,9-12H2,1H3,(H,24,25). The second-order valence-electron chi connectivity index (χ2n) is 7.11. The van der Waals surface area contributed by atoms with Gasteiger partial charge in [-0.15, -0.1) is 11.3 Å². The highest BCUT2D eigenvalue weighted by Crippen LogP contribution is 2.28. The van der Waals surface area contributed by atoms with Crippen LogP contribution in [0.15, 0.2) is 57.8 Å². The van der Waals surface area contributed by atoms with Crippen molar-refractivity contribution in [3.8, 4) is 22.8 Å². The Hall–Kier alpha value is -2.99. The van der Waals surface area contributed by atoms with Gasteiger partial charge in [0.25, 0.3) is 0 Å². The van der Waals surface area contributed by atoms with E-state index in [9.17, 15) is 13.5 Å². The van der Waals surface area contributed by atoms with E-state index >= 15 is 0 Å². The zero-order valence-electron chi connectivity index (χ0n) is 18.0. The molecule has 0 bridgehead atoms. The third-order valence-corrected chi connectivity index (χ3v) is 7.58. The van der Waals surface area contributed by atoms with Crippen molar-refractivity contribution < 1.29 is 23.0 Å². The fourth-order valence-electron chi connectivity index (χ4n) is 3.24. The highest BCUT2D eigenvalue weighted by Gasteiger charge is 2.26. The first-order valence-corrected chi connectivity index (χ1v) is 12.7.